The summed E-state index contributed by atoms with van der Waals surface area (Å²) in [7, 11) is 1.14. The van der Waals surface area contributed by atoms with Crippen LogP contribution in [0.25, 0.3) is 0 Å². The molecule has 8 heteroatoms. The van der Waals surface area contributed by atoms with Crippen molar-refractivity contribution >= 4 is 12.1 Å². The van der Waals surface area contributed by atoms with E-state index < -0.39 is 29.1 Å². The molecule has 0 aliphatic carbocycles. The molecule has 0 unspecified atom stereocenters. The van der Waals surface area contributed by atoms with E-state index >= 15 is 0 Å². The maximum absolute atomic E-state index is 11.7. The molecule has 0 heterocycles. The van der Waals surface area contributed by atoms with Crippen molar-refractivity contribution in [3.63, 3.8) is 0 Å². The Hall–Kier alpha value is -2.64. The molecule has 8 nitrogen and oxygen atoms in total. The number of benzene rings is 1. The molecule has 1 aromatic carbocycles. The number of carbonyl (C=O) groups is 2. The molecule has 0 aliphatic heterocycles. The average molecular weight is 310 g/mol. The number of rotatable bonds is 7. The van der Waals surface area contributed by atoms with Gasteiger partial charge >= 0.3 is 12.1 Å². The van der Waals surface area contributed by atoms with Crippen LogP contribution in [0.15, 0.2) is 30.3 Å². The van der Waals surface area contributed by atoms with Crippen LogP contribution in [0, 0.1) is 10.1 Å². The molecule has 0 fully saturated rings. The lowest BCUT2D eigenvalue weighted by Gasteiger charge is -2.16. The van der Waals surface area contributed by atoms with Gasteiger partial charge in [0, 0.05) is 18.3 Å². The summed E-state index contributed by atoms with van der Waals surface area (Å²) in [6.07, 6.45) is -1.02. The molecule has 1 aromatic rings. The van der Waals surface area contributed by atoms with Crippen molar-refractivity contribution in [2.75, 3.05) is 7.11 Å². The molecule has 0 saturated carbocycles. The monoisotopic (exact) mass is 310 g/mol. The van der Waals surface area contributed by atoms with Gasteiger partial charge in [0.25, 0.3) is 0 Å². The lowest BCUT2D eigenvalue weighted by atomic mass is 10.1. The quantitative estimate of drug-likeness (QED) is 0.464. The topological polar surface area (TPSA) is 108 Å². The standard InChI is InChI=1S/C14H18N2O6/c1-10(16(19)20)8-12(13(17)21-2)15-14(18)22-9-11-6-4-3-5-7-11/h3-7,10,12H,8-9H2,1-2H3,(H,15,18)/t10-,12-/m0/s1. The first-order chi connectivity index (χ1) is 10.4. The van der Waals surface area contributed by atoms with Gasteiger partial charge in [-0.1, -0.05) is 30.3 Å². The summed E-state index contributed by atoms with van der Waals surface area (Å²) in [5.41, 5.74) is 0.783. The molecule has 1 N–H and O–H groups in total. The number of ether oxygens (including phenoxy) is 2. The number of nitrogens with one attached hydrogen (secondary N) is 1. The summed E-state index contributed by atoms with van der Waals surface area (Å²) in [5.74, 6) is -0.759. The van der Waals surface area contributed by atoms with Gasteiger partial charge in [-0.2, -0.15) is 0 Å². The van der Waals surface area contributed by atoms with E-state index in [-0.39, 0.29) is 13.0 Å². The maximum Gasteiger partial charge on any atom is 0.408 e. The fourth-order valence-electron chi connectivity index (χ4n) is 1.69. The Kier molecular flexibility index (Phi) is 6.81. The van der Waals surface area contributed by atoms with Crippen LogP contribution in [0.1, 0.15) is 18.9 Å². The van der Waals surface area contributed by atoms with Gasteiger partial charge in [0.2, 0.25) is 6.04 Å². The van der Waals surface area contributed by atoms with Gasteiger partial charge in [-0.15, -0.1) is 0 Å². The Balaban J connectivity index is 2.55. The molecule has 2 atom stereocenters. The van der Waals surface area contributed by atoms with Crippen molar-refractivity contribution in [1.29, 1.82) is 0 Å². The number of hydrogen-bond donors (Lipinski definition) is 1. The Morgan fingerprint density at radius 1 is 1.32 bits per heavy atom. The van der Waals surface area contributed by atoms with Gasteiger partial charge in [0.15, 0.2) is 0 Å². The van der Waals surface area contributed by atoms with E-state index in [0.29, 0.717) is 0 Å². The summed E-state index contributed by atoms with van der Waals surface area (Å²) in [6, 6.07) is 6.85. The van der Waals surface area contributed by atoms with Crippen LogP contribution >= 0.6 is 0 Å². The second kappa shape index (κ2) is 8.60. The molecule has 0 saturated heterocycles. The fourth-order valence-corrected chi connectivity index (χ4v) is 1.69. The third kappa shape index (κ3) is 5.78. The predicted octanol–water partition coefficient (Wildman–Crippen LogP) is 1.51. The van der Waals surface area contributed by atoms with Gasteiger partial charge in [0.1, 0.15) is 12.6 Å². The van der Waals surface area contributed by atoms with E-state index in [2.05, 4.69) is 10.1 Å². The SMILES string of the molecule is COC(=O)[C@H](C[C@H](C)[N+](=O)[O-])NC(=O)OCc1ccccc1. The molecule has 1 rings (SSSR count). The zero-order valence-corrected chi connectivity index (χ0v) is 12.4. The third-order valence-electron chi connectivity index (χ3n) is 2.93. The lowest BCUT2D eigenvalue weighted by molar-refractivity contribution is -0.519. The predicted molar refractivity (Wildman–Crippen MR) is 76.6 cm³/mol. The van der Waals surface area contributed by atoms with Crippen molar-refractivity contribution in [3.8, 4) is 0 Å². The van der Waals surface area contributed by atoms with Crippen molar-refractivity contribution in [2.24, 2.45) is 0 Å². The van der Waals surface area contributed by atoms with Crippen molar-refractivity contribution in [2.45, 2.75) is 32.0 Å². The minimum Gasteiger partial charge on any atom is -0.467 e. The summed E-state index contributed by atoms with van der Waals surface area (Å²) in [4.78, 5) is 33.4. The molecule has 0 aliphatic rings. The van der Waals surface area contributed by atoms with Crippen LogP contribution in [0.3, 0.4) is 0 Å². The molecule has 0 spiro atoms. The van der Waals surface area contributed by atoms with E-state index in [1.165, 1.54) is 6.92 Å². The Morgan fingerprint density at radius 2 is 1.95 bits per heavy atom. The van der Waals surface area contributed by atoms with Crippen LogP contribution in [0.4, 0.5) is 4.79 Å². The van der Waals surface area contributed by atoms with E-state index in [9.17, 15) is 19.7 Å². The van der Waals surface area contributed by atoms with Crippen LogP contribution in [0.5, 0.6) is 0 Å². The largest absolute Gasteiger partial charge is 0.467 e. The third-order valence-corrected chi connectivity index (χ3v) is 2.93. The molecule has 1 amide bonds. The van der Waals surface area contributed by atoms with E-state index in [1.54, 1.807) is 24.3 Å². The first-order valence-corrected chi connectivity index (χ1v) is 6.62. The molecule has 22 heavy (non-hydrogen) atoms. The maximum atomic E-state index is 11.7. The number of carbonyl (C=O) groups excluding carboxylic acids is 2. The van der Waals surface area contributed by atoms with Gasteiger partial charge in [0.05, 0.1) is 7.11 Å². The van der Waals surface area contributed by atoms with Gasteiger partial charge < -0.3 is 14.8 Å². The number of hydrogen-bond acceptors (Lipinski definition) is 6. The molecule has 120 valence electrons. The highest BCUT2D eigenvalue weighted by Crippen LogP contribution is 2.05. The molecule has 0 radical (unpaired) electrons. The second-order valence-corrected chi connectivity index (χ2v) is 4.65. The molecular weight excluding hydrogens is 292 g/mol. The van der Waals surface area contributed by atoms with Crippen LogP contribution < -0.4 is 5.32 Å². The van der Waals surface area contributed by atoms with Crippen molar-refractivity contribution in [3.05, 3.63) is 46.0 Å². The number of alkyl carbamates (subject to hydrolysis) is 1. The highest BCUT2D eigenvalue weighted by Gasteiger charge is 2.28. The average Bonchev–Trinajstić information content (AvgIpc) is 2.52. The number of amides is 1. The summed E-state index contributed by atoms with van der Waals surface area (Å²) >= 11 is 0. The van der Waals surface area contributed by atoms with E-state index in [1.807, 2.05) is 6.07 Å². The van der Waals surface area contributed by atoms with E-state index in [4.69, 9.17) is 4.74 Å². The fraction of sp³-hybridized carbons (Fsp3) is 0.429. The zero-order valence-electron chi connectivity index (χ0n) is 12.4. The normalized spacial score (nSPS) is 12.8. The first-order valence-electron chi connectivity index (χ1n) is 6.62. The summed E-state index contributed by atoms with van der Waals surface area (Å²) < 4.78 is 9.49. The van der Waals surface area contributed by atoms with Crippen LogP contribution in [0.2, 0.25) is 0 Å². The van der Waals surface area contributed by atoms with Gasteiger partial charge in [-0.3, -0.25) is 10.1 Å². The highest BCUT2D eigenvalue weighted by atomic mass is 16.6. The van der Waals surface area contributed by atoms with Crippen LogP contribution in [-0.4, -0.2) is 36.2 Å². The summed E-state index contributed by atoms with van der Waals surface area (Å²) in [5, 5.41) is 12.9. The van der Waals surface area contributed by atoms with E-state index in [0.717, 1.165) is 12.7 Å². The first kappa shape index (κ1) is 17.4. The van der Waals surface area contributed by atoms with Gasteiger partial charge in [-0.05, 0) is 5.56 Å². The number of methoxy groups -OCH3 is 1. The van der Waals surface area contributed by atoms with Crippen molar-refractivity contribution < 1.29 is 24.0 Å². The van der Waals surface area contributed by atoms with Crippen molar-refractivity contribution in [1.82, 2.24) is 5.32 Å². The lowest BCUT2D eigenvalue weighted by Crippen LogP contribution is -2.44. The Morgan fingerprint density at radius 3 is 2.50 bits per heavy atom. The zero-order chi connectivity index (χ0) is 16.5. The Labute approximate surface area is 127 Å². The van der Waals surface area contributed by atoms with Crippen LogP contribution in [-0.2, 0) is 20.9 Å². The smallest absolute Gasteiger partial charge is 0.408 e. The molecule has 0 aromatic heterocycles. The Bertz CT molecular complexity index is 519. The number of esters is 1. The minimum atomic E-state index is -1.13. The minimum absolute atomic E-state index is 0.0331. The van der Waals surface area contributed by atoms with Gasteiger partial charge in [-0.25, -0.2) is 9.59 Å². The number of nitrogens with zero attached hydrogens (tertiary/aromatic N) is 1. The number of nitro groups is 1. The molecular formula is C14H18N2O6. The highest BCUT2D eigenvalue weighted by molar-refractivity contribution is 5.81. The second-order valence-electron chi connectivity index (χ2n) is 4.65. The molecule has 0 bridgehead atoms. The summed E-state index contributed by atoms with van der Waals surface area (Å²) in [6.45, 7) is 1.37.